The minimum Gasteiger partial charge on any atom is -0.485 e. The molecule has 0 saturated carbocycles. The molecular formula is C24H22BrFN4O4. The lowest BCUT2D eigenvalue weighted by Crippen LogP contribution is -2.54. The number of hydrogen-bond acceptors (Lipinski definition) is 7. The van der Waals surface area contributed by atoms with Crippen LogP contribution in [-0.2, 0) is 16.0 Å². The van der Waals surface area contributed by atoms with Crippen molar-refractivity contribution in [1.82, 2.24) is 9.97 Å². The number of rotatable bonds is 8. The molecule has 3 aromatic rings. The summed E-state index contributed by atoms with van der Waals surface area (Å²) in [7, 11) is 0. The van der Waals surface area contributed by atoms with Gasteiger partial charge in [0.05, 0.1) is 43.0 Å². The summed E-state index contributed by atoms with van der Waals surface area (Å²) in [5, 5.41) is 2.76. The van der Waals surface area contributed by atoms with Crippen molar-refractivity contribution >= 4 is 39.3 Å². The van der Waals surface area contributed by atoms with Crippen molar-refractivity contribution in [3.8, 4) is 5.75 Å². The van der Waals surface area contributed by atoms with Crippen molar-refractivity contribution < 1.29 is 23.5 Å². The molecule has 1 aliphatic heterocycles. The lowest BCUT2D eigenvalue weighted by molar-refractivity contribution is -0.142. The molecule has 0 radical (unpaired) electrons. The summed E-state index contributed by atoms with van der Waals surface area (Å²) in [5.41, 5.74) is 1.55. The average Bonchev–Trinajstić information content (AvgIpc) is 2.80. The van der Waals surface area contributed by atoms with Crippen molar-refractivity contribution in [3.63, 3.8) is 0 Å². The molecule has 0 unspecified atom stereocenters. The van der Waals surface area contributed by atoms with Gasteiger partial charge in [0.2, 0.25) is 0 Å². The summed E-state index contributed by atoms with van der Waals surface area (Å²) in [6.45, 7) is 3.24. The smallest absolute Gasteiger partial charge is 0.310 e. The third kappa shape index (κ3) is 5.88. The van der Waals surface area contributed by atoms with E-state index in [-0.39, 0.29) is 30.0 Å². The Bertz CT molecular complexity index is 1170. The monoisotopic (exact) mass is 528 g/mol. The quantitative estimate of drug-likeness (QED) is 0.441. The lowest BCUT2D eigenvalue weighted by atomic mass is 10.1. The summed E-state index contributed by atoms with van der Waals surface area (Å²) in [6, 6.07) is 11.2. The Morgan fingerprint density at radius 2 is 1.91 bits per heavy atom. The highest BCUT2D eigenvalue weighted by molar-refractivity contribution is 9.10. The second-order valence-electron chi connectivity index (χ2n) is 7.61. The topological polar surface area (TPSA) is 93.6 Å². The number of halogens is 2. The van der Waals surface area contributed by atoms with Crippen molar-refractivity contribution in [2.45, 2.75) is 19.4 Å². The lowest BCUT2D eigenvalue weighted by Gasteiger charge is -2.39. The molecule has 0 aliphatic carbocycles. The number of hydrogen-bond donors (Lipinski definition) is 1. The van der Waals surface area contributed by atoms with Gasteiger partial charge in [-0.1, -0.05) is 12.1 Å². The summed E-state index contributed by atoms with van der Waals surface area (Å²) in [4.78, 5) is 34.5. The molecular weight excluding hydrogens is 507 g/mol. The number of carbonyl (C=O) groups is 2. The number of carbonyl (C=O) groups excluding carboxylic acids is 2. The summed E-state index contributed by atoms with van der Waals surface area (Å²) >= 11 is 3.35. The first-order valence-electron chi connectivity index (χ1n) is 10.7. The van der Waals surface area contributed by atoms with Gasteiger partial charge in [0.25, 0.3) is 5.91 Å². The van der Waals surface area contributed by atoms with E-state index in [9.17, 15) is 14.0 Å². The van der Waals surface area contributed by atoms with Gasteiger partial charge in [-0.25, -0.2) is 14.4 Å². The average molecular weight is 529 g/mol. The highest BCUT2D eigenvalue weighted by atomic mass is 79.9. The van der Waals surface area contributed by atoms with Gasteiger partial charge in [0.1, 0.15) is 29.2 Å². The summed E-state index contributed by atoms with van der Waals surface area (Å²) in [6.07, 6.45) is 3.02. The number of aromatic nitrogens is 2. The van der Waals surface area contributed by atoms with E-state index in [1.165, 1.54) is 24.5 Å². The molecule has 1 amide bonds. The first-order chi connectivity index (χ1) is 16.4. The second kappa shape index (κ2) is 10.6. The van der Waals surface area contributed by atoms with Crippen LogP contribution in [-0.4, -0.2) is 47.6 Å². The Morgan fingerprint density at radius 3 is 2.59 bits per heavy atom. The van der Waals surface area contributed by atoms with Crippen LogP contribution in [0.2, 0.25) is 0 Å². The molecule has 1 aromatic heterocycles. The fraction of sp³-hybridized carbons (Fsp3) is 0.250. The Hall–Kier alpha value is -3.53. The predicted octanol–water partition coefficient (Wildman–Crippen LogP) is 4.00. The predicted molar refractivity (Wildman–Crippen MR) is 127 cm³/mol. The number of benzene rings is 2. The fourth-order valence-electron chi connectivity index (χ4n) is 3.33. The zero-order valence-corrected chi connectivity index (χ0v) is 19.9. The number of ether oxygens (including phenoxy) is 2. The van der Waals surface area contributed by atoms with Crippen molar-refractivity contribution in [1.29, 1.82) is 0 Å². The van der Waals surface area contributed by atoms with E-state index in [1.807, 2.05) is 4.90 Å². The number of nitrogens with zero attached hydrogens (tertiary/aromatic N) is 3. The van der Waals surface area contributed by atoms with Crippen LogP contribution in [0.5, 0.6) is 5.75 Å². The maximum Gasteiger partial charge on any atom is 0.310 e. The molecule has 1 saturated heterocycles. The van der Waals surface area contributed by atoms with E-state index in [2.05, 4.69) is 31.2 Å². The molecule has 8 nitrogen and oxygen atoms in total. The van der Waals surface area contributed by atoms with Crippen LogP contribution in [0.3, 0.4) is 0 Å². The maximum absolute atomic E-state index is 13.4. The van der Waals surface area contributed by atoms with E-state index >= 15 is 0 Å². The summed E-state index contributed by atoms with van der Waals surface area (Å²) < 4.78 is 24.8. The largest absolute Gasteiger partial charge is 0.485 e. The Balaban J connectivity index is 1.28. The maximum atomic E-state index is 13.4. The molecule has 1 fully saturated rings. The van der Waals surface area contributed by atoms with Crippen LogP contribution in [0.25, 0.3) is 0 Å². The SMILES string of the molecule is CCOC(=O)Cc1ccc(NC(=O)c2cnc(N3CC(Oc4cc(F)ccc4Br)C3)cn2)cc1. The molecule has 176 valence electrons. The third-order valence-corrected chi connectivity index (χ3v) is 5.75. The first-order valence-corrected chi connectivity index (χ1v) is 11.4. The molecule has 0 atom stereocenters. The van der Waals surface area contributed by atoms with E-state index in [1.54, 1.807) is 37.3 Å². The highest BCUT2D eigenvalue weighted by Gasteiger charge is 2.30. The zero-order valence-electron chi connectivity index (χ0n) is 18.3. The van der Waals surface area contributed by atoms with Gasteiger partial charge >= 0.3 is 5.97 Å². The molecule has 2 aromatic carbocycles. The standard InChI is InChI=1S/C24H22BrFN4O4/c1-2-33-23(31)9-15-3-6-17(7-4-15)29-24(32)20-11-28-22(12-27-20)30-13-18(14-30)34-21-10-16(26)5-8-19(21)25/h3-8,10-12,18H,2,9,13-14H2,1H3,(H,29,32). The molecule has 0 spiro atoms. The van der Waals surface area contributed by atoms with Gasteiger partial charge in [-0.3, -0.25) is 9.59 Å². The van der Waals surface area contributed by atoms with E-state index in [0.29, 0.717) is 41.4 Å². The molecule has 34 heavy (non-hydrogen) atoms. The number of anilines is 2. The fourth-order valence-corrected chi connectivity index (χ4v) is 3.67. The van der Waals surface area contributed by atoms with Crippen LogP contribution < -0.4 is 15.0 Å². The van der Waals surface area contributed by atoms with Gasteiger partial charge < -0.3 is 19.7 Å². The van der Waals surface area contributed by atoms with E-state index in [0.717, 1.165) is 5.56 Å². The minimum absolute atomic E-state index is 0.102. The first kappa shape index (κ1) is 23.6. The zero-order chi connectivity index (χ0) is 24.1. The van der Waals surface area contributed by atoms with Gasteiger partial charge in [0.15, 0.2) is 0 Å². The van der Waals surface area contributed by atoms with Crippen LogP contribution in [0.1, 0.15) is 23.0 Å². The van der Waals surface area contributed by atoms with Crippen molar-refractivity contribution in [2.75, 3.05) is 29.9 Å². The normalized spacial score (nSPS) is 13.2. The van der Waals surface area contributed by atoms with Gasteiger partial charge in [-0.05, 0) is 52.7 Å². The van der Waals surface area contributed by atoms with Crippen molar-refractivity contribution in [3.05, 3.63) is 76.4 Å². The number of amides is 1. The van der Waals surface area contributed by atoms with Crippen LogP contribution in [0, 0.1) is 5.82 Å². The van der Waals surface area contributed by atoms with Crippen LogP contribution >= 0.6 is 15.9 Å². The Morgan fingerprint density at radius 1 is 1.15 bits per heavy atom. The Kier molecular flexibility index (Phi) is 7.36. The molecule has 1 aliphatic rings. The second-order valence-corrected chi connectivity index (χ2v) is 8.47. The highest BCUT2D eigenvalue weighted by Crippen LogP contribution is 2.29. The molecule has 4 rings (SSSR count). The summed E-state index contributed by atoms with van der Waals surface area (Å²) in [5.74, 6) is 0.0333. The van der Waals surface area contributed by atoms with Gasteiger partial charge in [-0.15, -0.1) is 0 Å². The molecule has 10 heteroatoms. The molecule has 0 bridgehead atoms. The van der Waals surface area contributed by atoms with E-state index in [4.69, 9.17) is 9.47 Å². The van der Waals surface area contributed by atoms with Crippen molar-refractivity contribution in [2.24, 2.45) is 0 Å². The van der Waals surface area contributed by atoms with E-state index < -0.39 is 5.91 Å². The third-order valence-electron chi connectivity index (χ3n) is 5.10. The number of nitrogens with one attached hydrogen (secondary N) is 1. The molecule has 2 heterocycles. The Labute approximate surface area is 204 Å². The van der Waals surface area contributed by atoms with Gasteiger partial charge in [-0.2, -0.15) is 0 Å². The van der Waals surface area contributed by atoms with Gasteiger partial charge in [0, 0.05) is 11.8 Å². The van der Waals surface area contributed by atoms with Crippen LogP contribution in [0.15, 0.2) is 59.3 Å². The molecule has 1 N–H and O–H groups in total. The minimum atomic E-state index is -0.391. The number of esters is 1. The van der Waals surface area contributed by atoms with Crippen LogP contribution in [0.4, 0.5) is 15.9 Å².